The van der Waals surface area contributed by atoms with Crippen molar-refractivity contribution >= 4 is 5.97 Å². The van der Waals surface area contributed by atoms with Crippen molar-refractivity contribution in [2.24, 2.45) is 5.92 Å². The van der Waals surface area contributed by atoms with E-state index in [-0.39, 0.29) is 5.92 Å². The Morgan fingerprint density at radius 2 is 2.40 bits per heavy atom. The van der Waals surface area contributed by atoms with Gasteiger partial charge in [-0.25, -0.2) is 0 Å². The molecule has 0 amide bonds. The molecule has 10 heavy (non-hydrogen) atoms. The molecule has 0 radical (unpaired) electrons. The largest absolute Gasteiger partial charge is 0.481 e. The zero-order chi connectivity index (χ0) is 7.72. The number of methoxy groups -OCH3 is 1. The lowest BCUT2D eigenvalue weighted by Gasteiger charge is -1.91. The highest BCUT2D eigenvalue weighted by atomic mass is 16.5. The summed E-state index contributed by atoms with van der Waals surface area (Å²) in [6.45, 7) is 2.29. The number of aliphatic carboxylic acids is 1. The SMILES string of the molecule is COCC1=C(C)C1C(=O)O. The predicted molar refractivity (Wildman–Crippen MR) is 35.7 cm³/mol. The van der Waals surface area contributed by atoms with E-state index in [0.717, 1.165) is 11.1 Å². The van der Waals surface area contributed by atoms with E-state index in [9.17, 15) is 4.79 Å². The van der Waals surface area contributed by atoms with Crippen LogP contribution in [0.4, 0.5) is 0 Å². The van der Waals surface area contributed by atoms with Crippen molar-refractivity contribution in [3.63, 3.8) is 0 Å². The van der Waals surface area contributed by atoms with Crippen LogP contribution in [0.5, 0.6) is 0 Å². The van der Waals surface area contributed by atoms with Gasteiger partial charge in [0.15, 0.2) is 0 Å². The summed E-state index contributed by atoms with van der Waals surface area (Å²) in [5, 5.41) is 8.52. The monoisotopic (exact) mass is 142 g/mol. The van der Waals surface area contributed by atoms with Crippen LogP contribution in [0.15, 0.2) is 11.1 Å². The molecule has 0 spiro atoms. The topological polar surface area (TPSA) is 46.5 Å². The molecule has 0 fully saturated rings. The van der Waals surface area contributed by atoms with Crippen molar-refractivity contribution in [3.8, 4) is 0 Å². The average molecular weight is 142 g/mol. The molecule has 0 aromatic rings. The van der Waals surface area contributed by atoms with Gasteiger partial charge < -0.3 is 9.84 Å². The molecule has 0 saturated heterocycles. The number of carboxylic acid groups (broad SMARTS) is 1. The van der Waals surface area contributed by atoms with Crippen LogP contribution in [0.25, 0.3) is 0 Å². The maximum Gasteiger partial charge on any atom is 0.314 e. The van der Waals surface area contributed by atoms with Gasteiger partial charge in [-0.15, -0.1) is 0 Å². The third kappa shape index (κ3) is 1.04. The van der Waals surface area contributed by atoms with Crippen molar-refractivity contribution in [1.82, 2.24) is 0 Å². The number of hydrogen-bond acceptors (Lipinski definition) is 2. The van der Waals surface area contributed by atoms with Gasteiger partial charge in [-0.1, -0.05) is 5.57 Å². The van der Waals surface area contributed by atoms with E-state index >= 15 is 0 Å². The van der Waals surface area contributed by atoms with Gasteiger partial charge in [-0.05, 0) is 12.5 Å². The maximum absolute atomic E-state index is 10.4. The van der Waals surface area contributed by atoms with Crippen molar-refractivity contribution < 1.29 is 14.6 Å². The number of ether oxygens (including phenoxy) is 1. The van der Waals surface area contributed by atoms with Crippen molar-refractivity contribution in [3.05, 3.63) is 11.1 Å². The van der Waals surface area contributed by atoms with Gasteiger partial charge in [0.05, 0.1) is 6.61 Å². The van der Waals surface area contributed by atoms with Gasteiger partial charge in [0.25, 0.3) is 0 Å². The van der Waals surface area contributed by atoms with Crippen LogP contribution in [0.1, 0.15) is 6.92 Å². The van der Waals surface area contributed by atoms with Gasteiger partial charge >= 0.3 is 5.97 Å². The van der Waals surface area contributed by atoms with E-state index in [1.165, 1.54) is 0 Å². The molecule has 0 aliphatic heterocycles. The number of carbonyl (C=O) groups is 1. The van der Waals surface area contributed by atoms with E-state index in [1.807, 2.05) is 6.92 Å². The van der Waals surface area contributed by atoms with Crippen LogP contribution in [-0.2, 0) is 9.53 Å². The van der Waals surface area contributed by atoms with Crippen LogP contribution in [-0.4, -0.2) is 24.8 Å². The third-order valence-electron chi connectivity index (χ3n) is 1.75. The Kier molecular flexibility index (Phi) is 1.76. The molecule has 0 bridgehead atoms. The molecule has 0 aromatic heterocycles. The molecule has 0 aromatic carbocycles. The number of carboxylic acids is 1. The highest BCUT2D eigenvalue weighted by molar-refractivity contribution is 5.84. The summed E-state index contributed by atoms with van der Waals surface area (Å²) in [5.41, 5.74) is 1.88. The molecule has 3 heteroatoms. The fourth-order valence-corrected chi connectivity index (χ4v) is 1.08. The fourth-order valence-electron chi connectivity index (χ4n) is 1.08. The summed E-state index contributed by atoms with van der Waals surface area (Å²) in [6, 6.07) is 0. The van der Waals surface area contributed by atoms with E-state index in [1.54, 1.807) is 7.11 Å². The minimum atomic E-state index is -0.760. The van der Waals surface area contributed by atoms with Crippen molar-refractivity contribution in [2.75, 3.05) is 13.7 Å². The van der Waals surface area contributed by atoms with Crippen LogP contribution >= 0.6 is 0 Å². The molecule has 56 valence electrons. The molecule has 1 rings (SSSR count). The molecular formula is C7H10O3. The molecule has 3 nitrogen and oxygen atoms in total. The first-order chi connectivity index (χ1) is 4.68. The Hall–Kier alpha value is -0.830. The maximum atomic E-state index is 10.4. The molecule has 1 unspecified atom stereocenters. The second-order valence-electron chi connectivity index (χ2n) is 2.41. The summed E-state index contributed by atoms with van der Waals surface area (Å²) >= 11 is 0. The van der Waals surface area contributed by atoms with Gasteiger partial charge in [-0.2, -0.15) is 0 Å². The highest BCUT2D eigenvalue weighted by Crippen LogP contribution is 2.38. The van der Waals surface area contributed by atoms with E-state index < -0.39 is 5.97 Å². The second-order valence-corrected chi connectivity index (χ2v) is 2.41. The highest BCUT2D eigenvalue weighted by Gasteiger charge is 2.38. The summed E-state index contributed by atoms with van der Waals surface area (Å²) in [5.74, 6) is -1.08. The fraction of sp³-hybridized carbons (Fsp3) is 0.571. The molecular weight excluding hydrogens is 132 g/mol. The average Bonchev–Trinajstić information content (AvgIpc) is 2.43. The van der Waals surface area contributed by atoms with Gasteiger partial charge in [0, 0.05) is 7.11 Å². The molecule has 1 N–H and O–H groups in total. The minimum absolute atomic E-state index is 0.319. The predicted octanol–water partition coefficient (Wildman–Crippen LogP) is 0.664. The Balaban J connectivity index is 2.43. The summed E-state index contributed by atoms with van der Waals surface area (Å²) in [7, 11) is 1.57. The van der Waals surface area contributed by atoms with Crippen LogP contribution in [0.2, 0.25) is 0 Å². The molecule has 1 aliphatic rings. The lowest BCUT2D eigenvalue weighted by molar-refractivity contribution is -0.138. The standard InChI is InChI=1S/C7H10O3/c1-4-5(3-10-2)6(4)7(8)9/h6H,3H2,1-2H3,(H,8,9). The molecule has 1 aliphatic carbocycles. The van der Waals surface area contributed by atoms with E-state index in [4.69, 9.17) is 9.84 Å². The third-order valence-corrected chi connectivity index (χ3v) is 1.75. The summed E-state index contributed by atoms with van der Waals surface area (Å²) in [4.78, 5) is 10.4. The first-order valence-electron chi connectivity index (χ1n) is 3.09. The lowest BCUT2D eigenvalue weighted by atomic mass is 10.3. The Bertz CT molecular complexity index is 193. The van der Waals surface area contributed by atoms with Crippen LogP contribution in [0.3, 0.4) is 0 Å². The van der Waals surface area contributed by atoms with Gasteiger partial charge in [0.1, 0.15) is 5.92 Å². The van der Waals surface area contributed by atoms with Gasteiger partial charge in [0.2, 0.25) is 0 Å². The first-order valence-corrected chi connectivity index (χ1v) is 3.09. The second kappa shape index (κ2) is 2.42. The number of rotatable bonds is 3. The Morgan fingerprint density at radius 3 is 2.70 bits per heavy atom. The normalized spacial score (nSPS) is 23.2. The first kappa shape index (κ1) is 7.28. The Morgan fingerprint density at radius 1 is 1.80 bits per heavy atom. The zero-order valence-corrected chi connectivity index (χ0v) is 6.05. The minimum Gasteiger partial charge on any atom is -0.481 e. The summed E-state index contributed by atoms with van der Waals surface area (Å²) in [6.07, 6.45) is 0. The van der Waals surface area contributed by atoms with E-state index in [0.29, 0.717) is 6.61 Å². The quantitative estimate of drug-likeness (QED) is 0.589. The summed E-state index contributed by atoms with van der Waals surface area (Å²) < 4.78 is 4.80. The molecule has 0 heterocycles. The molecule has 1 atom stereocenters. The van der Waals surface area contributed by atoms with Crippen LogP contribution in [0, 0.1) is 5.92 Å². The van der Waals surface area contributed by atoms with Gasteiger partial charge in [-0.3, -0.25) is 4.79 Å². The zero-order valence-electron chi connectivity index (χ0n) is 6.05. The lowest BCUT2D eigenvalue weighted by Crippen LogP contribution is -2.03. The van der Waals surface area contributed by atoms with E-state index in [2.05, 4.69) is 0 Å². The number of hydrogen-bond donors (Lipinski definition) is 1. The van der Waals surface area contributed by atoms with Crippen LogP contribution < -0.4 is 0 Å². The Labute approximate surface area is 59.3 Å². The van der Waals surface area contributed by atoms with Crippen molar-refractivity contribution in [2.45, 2.75) is 6.92 Å². The molecule has 0 saturated carbocycles. The van der Waals surface area contributed by atoms with Crippen molar-refractivity contribution in [1.29, 1.82) is 0 Å². The smallest absolute Gasteiger partial charge is 0.314 e.